The highest BCUT2D eigenvalue weighted by Gasteiger charge is 2.43. The first kappa shape index (κ1) is 19.0. The van der Waals surface area contributed by atoms with Crippen LogP contribution in [0.5, 0.6) is 17.2 Å². The Labute approximate surface area is 158 Å². The summed E-state index contributed by atoms with van der Waals surface area (Å²) in [6, 6.07) is 9.70. The Hall–Kier alpha value is -2.76. The number of hydrogen-bond acceptors (Lipinski definition) is 4. The largest absolute Gasteiger partial charge is 0.493 e. The highest BCUT2D eigenvalue weighted by atomic mass is 19.1. The molecule has 5 nitrogen and oxygen atoms in total. The molecule has 27 heavy (non-hydrogen) atoms. The van der Waals surface area contributed by atoms with Crippen LogP contribution in [-0.2, 0) is 10.2 Å². The number of hydrogen-bond donors (Lipinski definition) is 1. The number of rotatable bonds is 6. The van der Waals surface area contributed by atoms with E-state index >= 15 is 0 Å². The molecule has 6 heteroatoms. The lowest BCUT2D eigenvalue weighted by molar-refractivity contribution is -0.121. The molecule has 0 heterocycles. The Kier molecular flexibility index (Phi) is 5.54. The van der Waals surface area contributed by atoms with Crippen LogP contribution in [0.1, 0.15) is 31.2 Å². The van der Waals surface area contributed by atoms with Crippen molar-refractivity contribution in [2.75, 3.05) is 26.6 Å². The van der Waals surface area contributed by atoms with Crippen LogP contribution in [0.4, 0.5) is 10.1 Å². The van der Waals surface area contributed by atoms with Gasteiger partial charge in [-0.1, -0.05) is 25.0 Å². The third-order valence-electron chi connectivity index (χ3n) is 5.19. The molecular formula is C21H24FNO4. The molecule has 0 radical (unpaired) electrons. The van der Waals surface area contributed by atoms with Crippen molar-refractivity contribution in [3.8, 4) is 17.2 Å². The van der Waals surface area contributed by atoms with E-state index in [9.17, 15) is 9.18 Å². The monoisotopic (exact) mass is 373 g/mol. The second-order valence-electron chi connectivity index (χ2n) is 6.67. The van der Waals surface area contributed by atoms with Crippen LogP contribution in [0.2, 0.25) is 0 Å². The van der Waals surface area contributed by atoms with E-state index in [1.807, 2.05) is 6.07 Å². The molecule has 0 unspecified atom stereocenters. The maximum atomic E-state index is 13.8. The molecule has 1 saturated carbocycles. The zero-order chi connectivity index (χ0) is 19.4. The van der Waals surface area contributed by atoms with Crippen LogP contribution in [0.25, 0.3) is 0 Å². The van der Waals surface area contributed by atoms with Gasteiger partial charge in [0.15, 0.2) is 11.5 Å². The summed E-state index contributed by atoms with van der Waals surface area (Å²) in [4.78, 5) is 13.3. The van der Waals surface area contributed by atoms with Crippen LogP contribution in [0.3, 0.4) is 0 Å². The number of amides is 1. The third-order valence-corrected chi connectivity index (χ3v) is 5.19. The summed E-state index contributed by atoms with van der Waals surface area (Å²) >= 11 is 0. The van der Waals surface area contributed by atoms with Gasteiger partial charge in [0, 0.05) is 17.8 Å². The average Bonchev–Trinajstić information content (AvgIpc) is 3.18. The fourth-order valence-electron chi connectivity index (χ4n) is 3.82. The van der Waals surface area contributed by atoms with Crippen LogP contribution in [0.15, 0.2) is 36.4 Å². The minimum absolute atomic E-state index is 0.153. The van der Waals surface area contributed by atoms with Crippen LogP contribution < -0.4 is 19.5 Å². The number of nitrogens with one attached hydrogen (secondary N) is 1. The van der Waals surface area contributed by atoms with Gasteiger partial charge < -0.3 is 19.5 Å². The number of ether oxygens (including phenoxy) is 3. The molecule has 1 aliphatic carbocycles. The predicted octanol–water partition coefficient (Wildman–Crippen LogP) is 4.30. The van der Waals surface area contributed by atoms with E-state index in [1.54, 1.807) is 18.2 Å². The number of methoxy groups -OCH3 is 3. The van der Waals surface area contributed by atoms with Crippen molar-refractivity contribution in [3.63, 3.8) is 0 Å². The molecule has 0 spiro atoms. The fraction of sp³-hybridized carbons (Fsp3) is 0.381. The summed E-state index contributed by atoms with van der Waals surface area (Å²) in [5.74, 6) is 0.884. The number of halogens is 1. The summed E-state index contributed by atoms with van der Waals surface area (Å²) in [7, 11) is 4.57. The Bertz CT molecular complexity index is 806. The van der Waals surface area contributed by atoms with Crippen molar-refractivity contribution in [3.05, 3.63) is 47.8 Å². The average molecular weight is 373 g/mol. The first-order valence-corrected chi connectivity index (χ1v) is 8.91. The zero-order valence-corrected chi connectivity index (χ0v) is 15.8. The van der Waals surface area contributed by atoms with E-state index in [1.165, 1.54) is 33.5 Å². The van der Waals surface area contributed by atoms with Crippen molar-refractivity contribution in [2.45, 2.75) is 31.1 Å². The molecule has 0 saturated heterocycles. The molecule has 2 aromatic carbocycles. The van der Waals surface area contributed by atoms with Crippen molar-refractivity contribution >= 4 is 11.6 Å². The van der Waals surface area contributed by atoms with Gasteiger partial charge in [-0.05, 0) is 30.5 Å². The lowest BCUT2D eigenvalue weighted by atomic mass is 9.78. The van der Waals surface area contributed by atoms with Gasteiger partial charge in [-0.3, -0.25) is 4.79 Å². The minimum Gasteiger partial charge on any atom is -0.493 e. The number of anilines is 1. The molecule has 1 amide bonds. The molecule has 1 N–H and O–H groups in total. The molecule has 1 fully saturated rings. The fourth-order valence-corrected chi connectivity index (χ4v) is 3.82. The summed E-state index contributed by atoms with van der Waals surface area (Å²) in [5.41, 5.74) is 0.518. The molecule has 0 aliphatic heterocycles. The van der Waals surface area contributed by atoms with E-state index < -0.39 is 5.41 Å². The van der Waals surface area contributed by atoms with E-state index in [-0.39, 0.29) is 11.7 Å². The van der Waals surface area contributed by atoms with Crippen molar-refractivity contribution in [1.82, 2.24) is 0 Å². The molecule has 3 rings (SSSR count). The van der Waals surface area contributed by atoms with Crippen LogP contribution in [-0.4, -0.2) is 27.2 Å². The van der Waals surface area contributed by atoms with E-state index in [0.717, 1.165) is 12.8 Å². The topological polar surface area (TPSA) is 56.8 Å². The number of benzene rings is 2. The van der Waals surface area contributed by atoms with Crippen LogP contribution >= 0.6 is 0 Å². The van der Waals surface area contributed by atoms with Gasteiger partial charge in [0.25, 0.3) is 0 Å². The van der Waals surface area contributed by atoms with Gasteiger partial charge in [0.2, 0.25) is 11.7 Å². The van der Waals surface area contributed by atoms with Gasteiger partial charge in [-0.2, -0.15) is 0 Å². The van der Waals surface area contributed by atoms with Crippen molar-refractivity contribution < 1.29 is 23.4 Å². The highest BCUT2D eigenvalue weighted by molar-refractivity contribution is 6.00. The SMILES string of the molecule is COc1cc(NC(=O)C2(c3cccc(F)c3)CCCC2)cc(OC)c1OC. The summed E-state index contributed by atoms with van der Waals surface area (Å²) in [6.07, 6.45) is 3.23. The molecular weight excluding hydrogens is 349 g/mol. The number of carbonyl (C=O) groups is 1. The van der Waals surface area contributed by atoms with Crippen molar-refractivity contribution in [2.24, 2.45) is 0 Å². The standard InChI is InChI=1S/C21H24FNO4/c1-25-17-12-16(13-18(26-2)19(17)27-3)23-20(24)21(9-4-5-10-21)14-7-6-8-15(22)11-14/h6-8,11-13H,4-5,9-10H2,1-3H3,(H,23,24). The maximum absolute atomic E-state index is 13.8. The lowest BCUT2D eigenvalue weighted by Gasteiger charge is -2.28. The molecule has 0 atom stereocenters. The zero-order valence-electron chi connectivity index (χ0n) is 15.8. The minimum atomic E-state index is -0.734. The second kappa shape index (κ2) is 7.86. The van der Waals surface area contributed by atoms with Gasteiger partial charge in [0.05, 0.1) is 26.7 Å². The second-order valence-corrected chi connectivity index (χ2v) is 6.67. The van der Waals surface area contributed by atoms with Crippen molar-refractivity contribution in [1.29, 1.82) is 0 Å². The van der Waals surface area contributed by atoms with E-state index in [2.05, 4.69) is 5.32 Å². The quantitative estimate of drug-likeness (QED) is 0.820. The Morgan fingerprint density at radius 2 is 1.63 bits per heavy atom. The summed E-state index contributed by atoms with van der Waals surface area (Å²) in [6.45, 7) is 0. The normalized spacial score (nSPS) is 15.3. The molecule has 2 aromatic rings. The van der Waals surface area contributed by atoms with E-state index in [4.69, 9.17) is 14.2 Å². The summed E-state index contributed by atoms with van der Waals surface area (Å²) < 4.78 is 29.8. The Morgan fingerprint density at radius 3 is 2.15 bits per heavy atom. The van der Waals surface area contributed by atoms with Crippen LogP contribution in [0, 0.1) is 5.82 Å². The predicted molar refractivity (Wildman–Crippen MR) is 101 cm³/mol. The smallest absolute Gasteiger partial charge is 0.235 e. The first-order chi connectivity index (χ1) is 13.0. The lowest BCUT2D eigenvalue weighted by Crippen LogP contribution is -2.38. The summed E-state index contributed by atoms with van der Waals surface area (Å²) in [5, 5.41) is 2.97. The maximum Gasteiger partial charge on any atom is 0.235 e. The molecule has 144 valence electrons. The highest BCUT2D eigenvalue weighted by Crippen LogP contribution is 2.44. The first-order valence-electron chi connectivity index (χ1n) is 8.91. The van der Waals surface area contributed by atoms with E-state index in [0.29, 0.717) is 41.3 Å². The molecule has 0 bridgehead atoms. The van der Waals surface area contributed by atoms with Gasteiger partial charge in [-0.15, -0.1) is 0 Å². The Balaban J connectivity index is 1.95. The third kappa shape index (κ3) is 3.56. The Morgan fingerprint density at radius 1 is 1.00 bits per heavy atom. The van der Waals surface area contributed by atoms with Gasteiger partial charge >= 0.3 is 0 Å². The number of carbonyl (C=O) groups excluding carboxylic acids is 1. The molecule has 1 aliphatic rings. The van der Waals surface area contributed by atoms with Gasteiger partial charge in [0.1, 0.15) is 5.82 Å². The molecule has 0 aromatic heterocycles. The van der Waals surface area contributed by atoms with Gasteiger partial charge in [-0.25, -0.2) is 4.39 Å².